The first kappa shape index (κ1) is 31.2. The van der Waals surface area contributed by atoms with E-state index in [-0.39, 0.29) is 89.2 Å². The van der Waals surface area contributed by atoms with Crippen LogP contribution in [0.25, 0.3) is 11.4 Å². The lowest BCUT2D eigenvalue weighted by molar-refractivity contribution is -0.689. The Morgan fingerprint density at radius 3 is 2.41 bits per heavy atom. The third kappa shape index (κ3) is 3.51. The lowest BCUT2D eigenvalue weighted by Gasteiger charge is -3.11. The van der Waals surface area contributed by atoms with Crippen LogP contribution in [-0.4, -0.2) is 103 Å². The monoisotopic (exact) mass is 707 g/mol. The number of amides is 2. The zero-order valence-electron chi connectivity index (χ0n) is 28.0. The third-order valence-electron chi connectivity index (χ3n) is 13.7. The summed E-state index contributed by atoms with van der Waals surface area (Å²) >= 11 is 0. The van der Waals surface area contributed by atoms with E-state index in [1.807, 2.05) is 17.9 Å². The van der Waals surface area contributed by atoms with E-state index in [2.05, 4.69) is 20.4 Å². The van der Waals surface area contributed by atoms with Crippen LogP contribution >= 0.6 is 0 Å². The van der Waals surface area contributed by atoms with Gasteiger partial charge in [-0.3, -0.25) is 14.4 Å². The van der Waals surface area contributed by atoms with E-state index in [4.69, 9.17) is 9.72 Å². The van der Waals surface area contributed by atoms with Gasteiger partial charge in [-0.1, -0.05) is 13.0 Å². The molecule has 268 valence electrons. The van der Waals surface area contributed by atoms with E-state index in [0.717, 1.165) is 5.57 Å². The highest BCUT2D eigenvalue weighted by atomic mass is 19.4. The molecule has 51 heavy (non-hydrogen) atoms. The molecule has 11 rings (SSSR count). The molecule has 0 spiro atoms. The SMILES string of the molecule is CCc1c(N2CCN(C(=O)c3ncnc(C)c3O)CC2)c(=O)n2nc(C3=CCOCC3)nc2n1CC(=O)NCC12C3C4C1C1C2C3C41C(F)(F)F. The molecule has 2 amide bonds. The number of aromatic nitrogens is 6. The first-order valence-corrected chi connectivity index (χ1v) is 17.6. The number of carbonyl (C=O) groups excluding carboxylic acids is 2. The molecule has 0 radical (unpaired) electrons. The highest BCUT2D eigenvalue weighted by molar-refractivity contribution is 5.95. The summed E-state index contributed by atoms with van der Waals surface area (Å²) in [5, 5.41) is 18.1. The number of aryl methyl sites for hydroxylation is 1. The van der Waals surface area contributed by atoms with Crippen LogP contribution in [0, 0.1) is 53.3 Å². The van der Waals surface area contributed by atoms with Crippen molar-refractivity contribution < 1.29 is 32.6 Å². The Morgan fingerprint density at radius 2 is 1.78 bits per heavy atom. The van der Waals surface area contributed by atoms with Crippen LogP contribution < -0.4 is 15.8 Å². The number of hydrogen-bond acceptors (Lipinski definition) is 10. The smallest absolute Gasteiger partial charge is 0.395 e. The highest BCUT2D eigenvalue weighted by Gasteiger charge is 3.13. The number of halogens is 3. The molecular formula is C34H36F3N9O5. The van der Waals surface area contributed by atoms with E-state index in [0.29, 0.717) is 68.6 Å². The van der Waals surface area contributed by atoms with Gasteiger partial charge in [0, 0.05) is 32.7 Å². The van der Waals surface area contributed by atoms with Gasteiger partial charge in [0.2, 0.25) is 11.7 Å². The fourth-order valence-corrected chi connectivity index (χ4v) is 11.8. The average molecular weight is 708 g/mol. The number of nitrogens with one attached hydrogen (secondary N) is 1. The van der Waals surface area contributed by atoms with Gasteiger partial charge in [0.05, 0.1) is 30.0 Å². The molecule has 14 nitrogen and oxygen atoms in total. The van der Waals surface area contributed by atoms with E-state index < -0.39 is 17.5 Å². The molecule has 17 heteroatoms. The van der Waals surface area contributed by atoms with Crippen LogP contribution in [0.2, 0.25) is 0 Å². The molecule has 6 aliphatic carbocycles. The third-order valence-corrected chi connectivity index (χ3v) is 13.7. The summed E-state index contributed by atoms with van der Waals surface area (Å²) in [5.74, 6) is -0.984. The average Bonchev–Trinajstić information content (AvgIpc) is 3.59. The molecule has 0 bridgehead atoms. The van der Waals surface area contributed by atoms with Gasteiger partial charge >= 0.3 is 6.18 Å². The second-order valence-corrected chi connectivity index (χ2v) is 15.2. The maximum atomic E-state index is 14.2. The number of hydrogen-bond donors (Lipinski definition) is 2. The van der Waals surface area contributed by atoms with Crippen molar-refractivity contribution in [2.24, 2.45) is 46.3 Å². The molecule has 0 atom stereocenters. The number of nitrogens with zero attached hydrogens (tertiary/aromatic N) is 8. The minimum absolute atomic E-state index is 0.0658. The van der Waals surface area contributed by atoms with Gasteiger partial charge in [-0.05, 0) is 66.3 Å². The largest absolute Gasteiger partial charge is 0.504 e. The van der Waals surface area contributed by atoms with Crippen molar-refractivity contribution >= 4 is 28.9 Å². The Kier molecular flexibility index (Phi) is 6.16. The van der Waals surface area contributed by atoms with Crippen molar-refractivity contribution in [2.45, 2.75) is 39.4 Å². The van der Waals surface area contributed by atoms with Gasteiger partial charge in [-0.2, -0.15) is 22.7 Å². The standard InChI is InChI=1S/C34H36F3N9O5/c1-3-17-26(43-6-8-44(9-7-43)29(49)25-27(48)15(2)39-14-40-25)30(50)46-31(41-28(42-46)16-4-10-51-11-5-16)45(17)12-18(47)38-13-32-19-22-20(32)24-21(32)23(19)33(22,24)34(35,36)37/h4,14,19-24,48H,3,5-13H2,1-2H3,(H,38,47). The summed E-state index contributed by atoms with van der Waals surface area (Å²) in [5.41, 5.74) is 0.0148. The van der Waals surface area contributed by atoms with Crippen LogP contribution in [0.3, 0.4) is 0 Å². The fraction of sp³-hybridized carbons (Fsp3) is 0.618. The Hall–Kier alpha value is -4.54. The van der Waals surface area contributed by atoms with Crippen molar-refractivity contribution in [3.8, 4) is 5.75 Å². The van der Waals surface area contributed by atoms with E-state index in [1.165, 1.54) is 10.8 Å². The molecule has 8 aliphatic rings. The van der Waals surface area contributed by atoms with E-state index >= 15 is 0 Å². The quantitative estimate of drug-likeness (QED) is 0.351. The van der Waals surface area contributed by atoms with Crippen molar-refractivity contribution in [2.75, 3.05) is 50.8 Å². The van der Waals surface area contributed by atoms with Gasteiger partial charge in [-0.15, -0.1) is 5.10 Å². The summed E-state index contributed by atoms with van der Waals surface area (Å²) in [4.78, 5) is 57.3. The Labute approximate surface area is 288 Å². The normalized spacial score (nSPS) is 33.7. The number of aromatic hydroxyl groups is 1. The number of rotatable bonds is 8. The Balaban J connectivity index is 0.926. The molecule has 7 fully saturated rings. The van der Waals surface area contributed by atoms with Crippen molar-refractivity contribution in [3.05, 3.63) is 45.7 Å². The number of alkyl halides is 3. The molecular weight excluding hydrogens is 671 g/mol. The molecule has 3 aromatic heterocycles. The van der Waals surface area contributed by atoms with Crippen LogP contribution in [0.15, 0.2) is 17.2 Å². The Morgan fingerprint density at radius 1 is 1.08 bits per heavy atom. The summed E-state index contributed by atoms with van der Waals surface area (Å²) in [6.45, 7) is 5.70. The van der Waals surface area contributed by atoms with E-state index in [9.17, 15) is 32.7 Å². The first-order valence-electron chi connectivity index (χ1n) is 17.6. The number of anilines is 1. The second kappa shape index (κ2) is 10.1. The van der Waals surface area contributed by atoms with Gasteiger partial charge in [0.1, 0.15) is 18.6 Å². The molecule has 2 aliphatic heterocycles. The maximum Gasteiger partial charge on any atom is 0.395 e. The van der Waals surface area contributed by atoms with Gasteiger partial charge in [0.15, 0.2) is 17.3 Å². The first-order chi connectivity index (χ1) is 24.5. The lowest BCUT2D eigenvalue weighted by Crippen LogP contribution is -3.12. The van der Waals surface area contributed by atoms with Crippen LogP contribution in [0.1, 0.15) is 41.0 Å². The van der Waals surface area contributed by atoms with Crippen LogP contribution in [-0.2, 0) is 22.5 Å². The van der Waals surface area contributed by atoms with Crippen molar-refractivity contribution in [3.63, 3.8) is 0 Å². The van der Waals surface area contributed by atoms with Crippen LogP contribution in [0.4, 0.5) is 18.9 Å². The minimum Gasteiger partial charge on any atom is -0.504 e. The molecule has 2 N–H and O–H groups in total. The number of piperazine rings is 1. The minimum atomic E-state index is -4.13. The molecule has 0 aromatic carbocycles. The van der Waals surface area contributed by atoms with Crippen molar-refractivity contribution in [1.82, 2.24) is 39.3 Å². The highest BCUT2D eigenvalue weighted by Crippen LogP contribution is 3.11. The molecule has 1 saturated heterocycles. The molecule has 0 unspecified atom stereocenters. The maximum absolute atomic E-state index is 14.2. The fourth-order valence-electron chi connectivity index (χ4n) is 11.8. The predicted molar refractivity (Wildman–Crippen MR) is 171 cm³/mol. The zero-order valence-corrected chi connectivity index (χ0v) is 28.0. The molecule has 5 heterocycles. The zero-order chi connectivity index (χ0) is 35.4. The van der Waals surface area contributed by atoms with E-state index in [1.54, 1.807) is 16.4 Å². The number of fused-ring (bicyclic) bond motifs is 1. The summed E-state index contributed by atoms with van der Waals surface area (Å²) in [6.07, 6.45) is -0.0622. The van der Waals surface area contributed by atoms with Gasteiger partial charge in [-0.25, -0.2) is 9.97 Å². The number of carbonyl (C=O) groups is 2. The lowest BCUT2D eigenvalue weighted by atomic mass is 8.92. The molecule has 6 saturated carbocycles. The second-order valence-electron chi connectivity index (χ2n) is 15.2. The summed E-state index contributed by atoms with van der Waals surface area (Å²) in [7, 11) is 0. The van der Waals surface area contributed by atoms with Gasteiger partial charge in [0.25, 0.3) is 11.5 Å². The van der Waals surface area contributed by atoms with Crippen molar-refractivity contribution in [1.29, 1.82) is 0 Å². The predicted octanol–water partition coefficient (Wildman–Crippen LogP) is 1.44. The number of ether oxygens (including phenoxy) is 1. The topological polar surface area (TPSA) is 160 Å². The molecule has 3 aromatic rings. The summed E-state index contributed by atoms with van der Waals surface area (Å²) in [6, 6.07) is 0. The van der Waals surface area contributed by atoms with Crippen LogP contribution in [0.5, 0.6) is 5.75 Å². The Bertz CT molecular complexity index is 2100. The summed E-state index contributed by atoms with van der Waals surface area (Å²) < 4.78 is 50.0. The van der Waals surface area contributed by atoms with Gasteiger partial charge < -0.3 is 29.5 Å².